The van der Waals surface area contributed by atoms with Gasteiger partial charge in [-0.05, 0) is 25.1 Å². The molecule has 25 heavy (non-hydrogen) atoms. The molecular weight excluding hydrogens is 322 g/mol. The maximum atomic E-state index is 12.2. The van der Waals surface area contributed by atoms with Gasteiger partial charge in [-0.15, -0.1) is 0 Å². The van der Waals surface area contributed by atoms with Crippen LogP contribution in [0.1, 0.15) is 16.1 Å². The molecule has 0 saturated carbocycles. The minimum absolute atomic E-state index is 0.107. The summed E-state index contributed by atoms with van der Waals surface area (Å²) in [6, 6.07) is 14.2. The first-order valence-electron chi connectivity index (χ1n) is 7.67. The Morgan fingerprint density at radius 1 is 1.12 bits per heavy atom. The molecule has 3 aromatic rings. The Bertz CT molecular complexity index is 928. The number of hydrogen-bond donors (Lipinski definition) is 1. The lowest BCUT2D eigenvalue weighted by Gasteiger charge is -2.07. The van der Waals surface area contributed by atoms with Crippen LogP contribution in [-0.4, -0.2) is 25.6 Å². The number of para-hydroxylation sites is 1. The van der Waals surface area contributed by atoms with Gasteiger partial charge in [0.25, 0.3) is 5.91 Å². The third kappa shape index (κ3) is 3.63. The summed E-state index contributed by atoms with van der Waals surface area (Å²) in [5, 5.41) is 3.48. The maximum Gasteiger partial charge on any atom is 0.375 e. The van der Waals surface area contributed by atoms with Crippen molar-refractivity contribution in [2.24, 2.45) is 0 Å². The van der Waals surface area contributed by atoms with Gasteiger partial charge in [0.15, 0.2) is 6.61 Å². The second-order valence-corrected chi connectivity index (χ2v) is 5.41. The maximum absolute atomic E-state index is 12.2. The molecule has 2 aromatic carbocycles. The molecule has 3 rings (SSSR count). The van der Waals surface area contributed by atoms with Crippen LogP contribution < -0.4 is 10.1 Å². The van der Waals surface area contributed by atoms with Crippen LogP contribution in [0.5, 0.6) is 5.75 Å². The molecule has 1 N–H and O–H groups in total. The Hall–Kier alpha value is -3.28. The molecule has 1 amide bonds. The predicted octanol–water partition coefficient (Wildman–Crippen LogP) is 3.55. The summed E-state index contributed by atoms with van der Waals surface area (Å²) >= 11 is 0. The van der Waals surface area contributed by atoms with Crippen LogP contribution in [0, 0.1) is 6.92 Å². The van der Waals surface area contributed by atoms with E-state index >= 15 is 0 Å². The van der Waals surface area contributed by atoms with Crippen LogP contribution >= 0.6 is 0 Å². The summed E-state index contributed by atoms with van der Waals surface area (Å²) in [5.74, 6) is -0.395. The van der Waals surface area contributed by atoms with Gasteiger partial charge >= 0.3 is 5.97 Å². The predicted molar refractivity (Wildman–Crippen MR) is 92.9 cm³/mol. The van der Waals surface area contributed by atoms with E-state index in [0.717, 1.165) is 5.39 Å². The molecule has 0 aliphatic rings. The number of esters is 1. The average molecular weight is 339 g/mol. The number of furan rings is 1. The number of rotatable bonds is 5. The van der Waals surface area contributed by atoms with Gasteiger partial charge in [0, 0.05) is 22.7 Å². The largest absolute Gasteiger partial charge is 0.497 e. The number of ether oxygens (including phenoxy) is 2. The molecule has 1 aromatic heterocycles. The molecule has 0 aliphatic carbocycles. The van der Waals surface area contributed by atoms with Crippen LogP contribution in [0.2, 0.25) is 0 Å². The highest BCUT2D eigenvalue weighted by atomic mass is 16.5. The third-order valence-electron chi connectivity index (χ3n) is 3.72. The van der Waals surface area contributed by atoms with E-state index in [0.29, 0.717) is 22.6 Å². The number of nitrogens with one attached hydrogen (secondary N) is 1. The lowest BCUT2D eigenvalue weighted by Crippen LogP contribution is -2.21. The summed E-state index contributed by atoms with van der Waals surface area (Å²) in [7, 11) is 1.54. The summed E-state index contributed by atoms with van der Waals surface area (Å²) in [5.41, 5.74) is 1.85. The monoisotopic (exact) mass is 339 g/mol. The van der Waals surface area contributed by atoms with E-state index in [2.05, 4.69) is 5.32 Å². The first-order chi connectivity index (χ1) is 12.1. The number of benzene rings is 2. The van der Waals surface area contributed by atoms with Crippen molar-refractivity contribution in [2.75, 3.05) is 19.0 Å². The molecule has 6 nitrogen and oxygen atoms in total. The second-order valence-electron chi connectivity index (χ2n) is 5.41. The van der Waals surface area contributed by atoms with Gasteiger partial charge in [-0.3, -0.25) is 4.79 Å². The number of fused-ring (bicyclic) bond motifs is 1. The van der Waals surface area contributed by atoms with Crippen molar-refractivity contribution in [1.29, 1.82) is 0 Å². The highest BCUT2D eigenvalue weighted by molar-refractivity contribution is 5.98. The molecule has 6 heteroatoms. The highest BCUT2D eigenvalue weighted by Crippen LogP contribution is 2.25. The Labute approximate surface area is 144 Å². The topological polar surface area (TPSA) is 77.8 Å². The first kappa shape index (κ1) is 16.6. The van der Waals surface area contributed by atoms with Gasteiger partial charge in [0.2, 0.25) is 5.76 Å². The number of amides is 1. The smallest absolute Gasteiger partial charge is 0.375 e. The van der Waals surface area contributed by atoms with Crippen molar-refractivity contribution in [3.63, 3.8) is 0 Å². The van der Waals surface area contributed by atoms with E-state index in [4.69, 9.17) is 13.9 Å². The molecular formula is C19H17NO5. The van der Waals surface area contributed by atoms with E-state index in [-0.39, 0.29) is 5.76 Å². The van der Waals surface area contributed by atoms with E-state index in [9.17, 15) is 9.59 Å². The first-order valence-corrected chi connectivity index (χ1v) is 7.67. The lowest BCUT2D eigenvalue weighted by atomic mass is 10.1. The summed E-state index contributed by atoms with van der Waals surface area (Å²) in [4.78, 5) is 24.1. The van der Waals surface area contributed by atoms with E-state index in [1.165, 1.54) is 0 Å². The molecule has 0 bridgehead atoms. The minimum Gasteiger partial charge on any atom is -0.497 e. The zero-order valence-electron chi connectivity index (χ0n) is 13.9. The number of aryl methyl sites for hydroxylation is 1. The van der Waals surface area contributed by atoms with Crippen molar-refractivity contribution in [3.8, 4) is 5.75 Å². The molecule has 128 valence electrons. The van der Waals surface area contributed by atoms with Gasteiger partial charge in [0.05, 0.1) is 7.11 Å². The van der Waals surface area contributed by atoms with Crippen molar-refractivity contribution < 1.29 is 23.5 Å². The van der Waals surface area contributed by atoms with Crippen LogP contribution in [0.15, 0.2) is 52.9 Å². The number of carbonyl (C=O) groups is 2. The SMILES string of the molecule is COc1cccc(NC(=O)COC(=O)c2oc3ccccc3c2C)c1. The summed E-state index contributed by atoms with van der Waals surface area (Å²) in [6.45, 7) is 1.37. The Morgan fingerprint density at radius 2 is 1.92 bits per heavy atom. The van der Waals surface area contributed by atoms with Crippen LogP contribution in [0.25, 0.3) is 11.0 Å². The van der Waals surface area contributed by atoms with Crippen molar-refractivity contribution in [3.05, 3.63) is 59.9 Å². The average Bonchev–Trinajstić information content (AvgIpc) is 2.97. The second kappa shape index (κ2) is 7.09. The van der Waals surface area contributed by atoms with Crippen molar-refractivity contribution >= 4 is 28.5 Å². The van der Waals surface area contributed by atoms with Gasteiger partial charge in [-0.25, -0.2) is 4.79 Å². The van der Waals surface area contributed by atoms with E-state index in [1.807, 2.05) is 18.2 Å². The number of hydrogen-bond acceptors (Lipinski definition) is 5. The highest BCUT2D eigenvalue weighted by Gasteiger charge is 2.19. The zero-order chi connectivity index (χ0) is 17.8. The number of anilines is 1. The van der Waals surface area contributed by atoms with Gasteiger partial charge < -0.3 is 19.2 Å². The molecule has 0 saturated heterocycles. The van der Waals surface area contributed by atoms with Crippen molar-refractivity contribution in [1.82, 2.24) is 0 Å². The number of methoxy groups -OCH3 is 1. The summed E-state index contributed by atoms with van der Waals surface area (Å²) < 4.78 is 15.7. The fourth-order valence-electron chi connectivity index (χ4n) is 2.46. The fraction of sp³-hybridized carbons (Fsp3) is 0.158. The van der Waals surface area contributed by atoms with Crippen LogP contribution in [0.3, 0.4) is 0 Å². The molecule has 0 spiro atoms. The Balaban J connectivity index is 1.63. The van der Waals surface area contributed by atoms with Gasteiger partial charge in [-0.2, -0.15) is 0 Å². The van der Waals surface area contributed by atoms with Gasteiger partial charge in [-0.1, -0.05) is 24.3 Å². The molecule has 0 atom stereocenters. The normalized spacial score (nSPS) is 10.5. The van der Waals surface area contributed by atoms with Crippen LogP contribution in [-0.2, 0) is 9.53 Å². The molecule has 1 heterocycles. The van der Waals surface area contributed by atoms with E-state index < -0.39 is 18.5 Å². The minimum atomic E-state index is -0.672. The quantitative estimate of drug-likeness (QED) is 0.719. The molecule has 0 aliphatic heterocycles. The standard InChI is InChI=1S/C19H17NO5/c1-12-15-8-3-4-9-16(15)25-18(12)19(22)24-11-17(21)20-13-6-5-7-14(10-13)23-2/h3-10H,11H2,1-2H3,(H,20,21). The third-order valence-corrected chi connectivity index (χ3v) is 3.72. The van der Waals surface area contributed by atoms with Crippen LogP contribution in [0.4, 0.5) is 5.69 Å². The fourth-order valence-corrected chi connectivity index (χ4v) is 2.46. The Kier molecular flexibility index (Phi) is 4.70. The molecule has 0 unspecified atom stereocenters. The molecule has 0 radical (unpaired) electrons. The molecule has 0 fully saturated rings. The lowest BCUT2D eigenvalue weighted by molar-refractivity contribution is -0.119. The Morgan fingerprint density at radius 3 is 2.68 bits per heavy atom. The van der Waals surface area contributed by atoms with Crippen molar-refractivity contribution in [2.45, 2.75) is 6.92 Å². The zero-order valence-corrected chi connectivity index (χ0v) is 13.9. The summed E-state index contributed by atoms with van der Waals surface area (Å²) in [6.07, 6.45) is 0. The number of carbonyl (C=O) groups excluding carboxylic acids is 2. The van der Waals surface area contributed by atoms with Gasteiger partial charge in [0.1, 0.15) is 11.3 Å². The van der Waals surface area contributed by atoms with E-state index in [1.54, 1.807) is 44.4 Å².